The van der Waals surface area contributed by atoms with E-state index in [0.717, 1.165) is 90.7 Å². The highest BCUT2D eigenvalue weighted by Crippen LogP contribution is 2.39. The van der Waals surface area contributed by atoms with Crippen LogP contribution in [0.3, 0.4) is 0 Å². The van der Waals surface area contributed by atoms with E-state index in [1.807, 2.05) is 13.8 Å². The summed E-state index contributed by atoms with van der Waals surface area (Å²) in [5.41, 5.74) is 4.78. The fourth-order valence-electron chi connectivity index (χ4n) is 6.00. The number of aryl methyl sites for hydroxylation is 3. The number of esters is 1. The van der Waals surface area contributed by atoms with Gasteiger partial charge in [0.15, 0.2) is 5.78 Å². The summed E-state index contributed by atoms with van der Waals surface area (Å²) in [7, 11) is 0. The first-order valence-electron chi connectivity index (χ1n) is 16.1. The van der Waals surface area contributed by atoms with Crippen LogP contribution in [-0.2, 0) is 35.2 Å². The topological polar surface area (TPSA) is 135 Å². The Morgan fingerprint density at radius 1 is 0.717 bits per heavy atom. The molecule has 0 radical (unpaired) electrons. The lowest BCUT2D eigenvalue weighted by Crippen LogP contribution is -2.22. The third-order valence-electron chi connectivity index (χ3n) is 8.24. The van der Waals surface area contributed by atoms with Crippen molar-refractivity contribution >= 4 is 67.9 Å². The number of ketones is 1. The summed E-state index contributed by atoms with van der Waals surface area (Å²) < 4.78 is 10.7. The van der Waals surface area contributed by atoms with Crippen molar-refractivity contribution in [2.75, 3.05) is 41.1 Å². The second-order valence-electron chi connectivity index (χ2n) is 11.5. The maximum Gasteiger partial charge on any atom is 0.341 e. The van der Waals surface area contributed by atoms with Gasteiger partial charge < -0.3 is 20.1 Å². The van der Waals surface area contributed by atoms with Gasteiger partial charge in [-0.3, -0.25) is 15.4 Å². The molecule has 3 aromatic rings. The number of urea groups is 2. The molecule has 0 bridgehead atoms. The van der Waals surface area contributed by atoms with E-state index in [-0.39, 0.29) is 19.0 Å². The quantitative estimate of drug-likeness (QED) is 0.0976. The molecule has 0 saturated carbocycles. The second-order valence-corrected chi connectivity index (χ2v) is 13.7. The average Bonchev–Trinajstić information content (AvgIpc) is 3.30. The summed E-state index contributed by atoms with van der Waals surface area (Å²) in [6.45, 7) is 6.13. The molecule has 2 aromatic heterocycles. The number of anilines is 4. The Labute approximate surface area is 277 Å². The van der Waals surface area contributed by atoms with Crippen LogP contribution in [0.15, 0.2) is 18.2 Å². The van der Waals surface area contributed by atoms with Gasteiger partial charge in [-0.2, -0.15) is 0 Å². The largest absolute Gasteiger partial charge is 0.462 e. The summed E-state index contributed by atoms with van der Waals surface area (Å²) in [4.78, 5) is 54.7. The van der Waals surface area contributed by atoms with E-state index in [1.165, 1.54) is 22.7 Å². The van der Waals surface area contributed by atoms with Crippen LogP contribution < -0.4 is 21.3 Å². The van der Waals surface area contributed by atoms with Crippen LogP contribution in [0.25, 0.3) is 0 Å². The molecule has 12 heteroatoms. The molecule has 0 saturated heterocycles. The van der Waals surface area contributed by atoms with Crippen LogP contribution in [0, 0.1) is 6.92 Å². The minimum Gasteiger partial charge on any atom is -0.462 e. The molecule has 4 N–H and O–H groups in total. The lowest BCUT2D eigenvalue weighted by atomic mass is 10.0. The number of thiophene rings is 2. The number of nitrogens with one attached hydrogen (secondary N) is 4. The highest BCUT2D eigenvalue weighted by molar-refractivity contribution is 7.17. The lowest BCUT2D eigenvalue weighted by molar-refractivity contribution is 0.0526. The molecule has 0 spiro atoms. The summed E-state index contributed by atoms with van der Waals surface area (Å²) in [6, 6.07) is 4.24. The van der Waals surface area contributed by atoms with Gasteiger partial charge in [-0.05, 0) is 101 Å². The molecule has 46 heavy (non-hydrogen) atoms. The zero-order valence-electron chi connectivity index (χ0n) is 26.7. The molecule has 10 nitrogen and oxygen atoms in total. The number of carbonyl (C=O) groups is 4. The Bertz CT molecular complexity index is 1610. The number of hydrogen-bond acceptors (Lipinski definition) is 8. The molecule has 0 atom stereocenters. The van der Waals surface area contributed by atoms with Crippen molar-refractivity contribution in [1.29, 1.82) is 0 Å². The Balaban J connectivity index is 1.29. The zero-order chi connectivity index (χ0) is 32.6. The molecule has 5 rings (SSSR count). The van der Waals surface area contributed by atoms with Crippen molar-refractivity contribution in [1.82, 2.24) is 0 Å². The molecule has 246 valence electrons. The molecule has 0 fully saturated rings. The minimum absolute atomic E-state index is 0.0275. The van der Waals surface area contributed by atoms with Crippen LogP contribution in [0.5, 0.6) is 0 Å². The Morgan fingerprint density at radius 2 is 1.30 bits per heavy atom. The highest BCUT2D eigenvalue weighted by Gasteiger charge is 2.28. The predicted octanol–water partition coefficient (Wildman–Crippen LogP) is 8.34. The lowest BCUT2D eigenvalue weighted by Gasteiger charge is -2.13. The molecule has 1 aromatic carbocycles. The normalized spacial score (nSPS) is 14.2. The summed E-state index contributed by atoms with van der Waals surface area (Å²) >= 11 is 2.90. The van der Waals surface area contributed by atoms with Gasteiger partial charge >= 0.3 is 18.0 Å². The maximum atomic E-state index is 13.3. The van der Waals surface area contributed by atoms with Gasteiger partial charge in [-0.15, -0.1) is 22.7 Å². The van der Waals surface area contributed by atoms with E-state index in [9.17, 15) is 19.2 Å². The standard InChI is InChI=1S/C34H42N4O6S2/c1-4-43-19-25(39)28-22-12-8-6-10-14-26(22)45-30(28)37-34(42)36-24-18-21(17-16-20(24)3)35-33(41)38-31-29(32(40)44-5-2)23-13-9-7-11-15-27(23)46-31/h16-18H,4-15,19H2,1-3H3,(H2,35,38,41)(H2,36,37,42). The van der Waals surface area contributed by atoms with Crippen molar-refractivity contribution in [3.05, 3.63) is 55.8 Å². The van der Waals surface area contributed by atoms with Crippen molar-refractivity contribution in [3.8, 4) is 0 Å². The van der Waals surface area contributed by atoms with Crippen LogP contribution in [0.1, 0.15) is 99.5 Å². The van der Waals surface area contributed by atoms with Crippen LogP contribution >= 0.6 is 22.7 Å². The van der Waals surface area contributed by atoms with Crippen molar-refractivity contribution in [2.45, 2.75) is 85.0 Å². The Hall–Kier alpha value is -3.74. The first kappa shape index (κ1) is 33.6. The molecule has 2 aliphatic rings. The van der Waals surface area contributed by atoms with E-state index in [4.69, 9.17) is 9.47 Å². The Morgan fingerprint density at radius 3 is 1.93 bits per heavy atom. The van der Waals surface area contributed by atoms with Crippen LogP contribution in [-0.4, -0.2) is 43.6 Å². The van der Waals surface area contributed by atoms with E-state index in [2.05, 4.69) is 21.3 Å². The van der Waals surface area contributed by atoms with Crippen molar-refractivity contribution < 1.29 is 28.7 Å². The predicted molar refractivity (Wildman–Crippen MR) is 184 cm³/mol. The second kappa shape index (κ2) is 15.7. The number of ether oxygens (including phenoxy) is 2. The number of rotatable bonds is 10. The summed E-state index contributed by atoms with van der Waals surface area (Å²) in [5, 5.41) is 12.5. The monoisotopic (exact) mass is 666 g/mol. The molecular weight excluding hydrogens is 625 g/mol. The molecule has 0 unspecified atom stereocenters. The Kier molecular flexibility index (Phi) is 11.5. The van der Waals surface area contributed by atoms with E-state index >= 15 is 0 Å². The molecule has 0 aliphatic heterocycles. The van der Waals surface area contributed by atoms with Gasteiger partial charge in [0.1, 0.15) is 16.6 Å². The molecular formula is C34H42N4O6S2. The fourth-order valence-corrected chi connectivity index (χ4v) is 8.57. The number of Topliss-reactive ketones (excluding diaryl/α,β-unsaturated/α-hetero) is 1. The van der Waals surface area contributed by atoms with E-state index < -0.39 is 18.0 Å². The number of carbonyl (C=O) groups excluding carboxylic acids is 4. The van der Waals surface area contributed by atoms with Crippen molar-refractivity contribution in [3.63, 3.8) is 0 Å². The molecule has 4 amide bonds. The van der Waals surface area contributed by atoms with Gasteiger partial charge in [0, 0.05) is 27.7 Å². The van der Waals surface area contributed by atoms with Crippen molar-refractivity contribution in [2.24, 2.45) is 0 Å². The SMILES string of the molecule is CCOCC(=O)c1c(NC(=O)Nc2cc(NC(=O)Nc3sc4c(c3C(=O)OCC)CCCCC4)ccc2C)sc2c1CCCCC2. The minimum atomic E-state index is -0.501. The van der Waals surface area contributed by atoms with Gasteiger partial charge in [-0.1, -0.05) is 18.9 Å². The van der Waals surface area contributed by atoms with Crippen LogP contribution in [0.2, 0.25) is 0 Å². The number of fused-ring (bicyclic) bond motifs is 2. The van der Waals surface area contributed by atoms with Gasteiger partial charge in [0.05, 0.1) is 17.7 Å². The third-order valence-corrected chi connectivity index (χ3v) is 10.7. The highest BCUT2D eigenvalue weighted by atomic mass is 32.1. The summed E-state index contributed by atoms with van der Waals surface area (Å²) in [5.74, 6) is -0.548. The van der Waals surface area contributed by atoms with Crippen LogP contribution in [0.4, 0.5) is 31.0 Å². The van der Waals surface area contributed by atoms with Gasteiger partial charge in [-0.25, -0.2) is 14.4 Å². The first-order chi connectivity index (χ1) is 22.3. The smallest absolute Gasteiger partial charge is 0.341 e. The first-order valence-corrected chi connectivity index (χ1v) is 17.8. The maximum absolute atomic E-state index is 13.3. The summed E-state index contributed by atoms with van der Waals surface area (Å²) in [6.07, 6.45) is 9.71. The molecule has 2 heterocycles. The number of hydrogen-bond donors (Lipinski definition) is 4. The van der Waals surface area contributed by atoms with E-state index in [0.29, 0.717) is 39.1 Å². The van der Waals surface area contributed by atoms with Gasteiger partial charge in [0.25, 0.3) is 0 Å². The zero-order valence-corrected chi connectivity index (χ0v) is 28.3. The fraction of sp³-hybridized carbons (Fsp3) is 0.471. The number of benzene rings is 1. The van der Waals surface area contributed by atoms with Gasteiger partial charge in [0.2, 0.25) is 0 Å². The average molecular weight is 667 g/mol. The van der Waals surface area contributed by atoms with E-state index in [1.54, 1.807) is 25.1 Å². The third kappa shape index (κ3) is 7.97. The molecule has 2 aliphatic carbocycles. The number of amides is 4.